The number of aliphatic hydroxyl groups is 1. The normalized spacial score (nSPS) is 18.1. The van der Waals surface area contributed by atoms with E-state index in [4.69, 9.17) is 11.6 Å². The summed E-state index contributed by atoms with van der Waals surface area (Å²) in [5.41, 5.74) is 1.00. The van der Waals surface area contributed by atoms with E-state index in [1.807, 2.05) is 24.3 Å². The molecular formula is C16H24ClN3O2. The highest BCUT2D eigenvalue weighted by molar-refractivity contribution is 6.30. The molecule has 0 spiro atoms. The van der Waals surface area contributed by atoms with Crippen LogP contribution in [0.3, 0.4) is 0 Å². The van der Waals surface area contributed by atoms with Crippen molar-refractivity contribution in [3.63, 3.8) is 0 Å². The Morgan fingerprint density at radius 3 is 2.64 bits per heavy atom. The quantitative estimate of drug-likeness (QED) is 0.818. The molecule has 1 saturated heterocycles. The predicted molar refractivity (Wildman–Crippen MR) is 87.9 cm³/mol. The first-order chi connectivity index (χ1) is 10.5. The van der Waals surface area contributed by atoms with Gasteiger partial charge in [0.15, 0.2) is 0 Å². The molecule has 6 heteroatoms. The molecule has 0 aromatic heterocycles. The molecule has 1 amide bonds. The Kier molecular flexibility index (Phi) is 6.64. The van der Waals surface area contributed by atoms with Gasteiger partial charge in [-0.3, -0.25) is 14.6 Å². The number of carbonyl (C=O) groups excluding carboxylic acids is 1. The molecule has 1 heterocycles. The number of carbonyl (C=O) groups is 1. The molecule has 1 aliphatic heterocycles. The zero-order valence-electron chi connectivity index (χ0n) is 13.0. The third-order valence-electron chi connectivity index (χ3n) is 3.73. The average molecular weight is 326 g/mol. The van der Waals surface area contributed by atoms with Crippen molar-refractivity contribution in [2.45, 2.75) is 19.6 Å². The van der Waals surface area contributed by atoms with Crippen LogP contribution in [0.15, 0.2) is 24.3 Å². The van der Waals surface area contributed by atoms with E-state index in [0.29, 0.717) is 24.7 Å². The molecule has 1 aliphatic rings. The molecule has 0 saturated carbocycles. The monoisotopic (exact) mass is 325 g/mol. The number of halogens is 1. The number of piperazine rings is 1. The van der Waals surface area contributed by atoms with E-state index in [1.54, 1.807) is 6.92 Å². The zero-order chi connectivity index (χ0) is 15.9. The first-order valence-electron chi connectivity index (χ1n) is 7.67. The Morgan fingerprint density at radius 1 is 1.32 bits per heavy atom. The number of hydrogen-bond donors (Lipinski definition) is 2. The SMILES string of the molecule is C[C@H](O)CN1CCN(CC(=O)NCc2cccc(Cl)c2)CC1. The first-order valence-corrected chi connectivity index (χ1v) is 8.04. The van der Waals surface area contributed by atoms with Crippen molar-refractivity contribution in [1.82, 2.24) is 15.1 Å². The molecule has 22 heavy (non-hydrogen) atoms. The van der Waals surface area contributed by atoms with Crippen LogP contribution in [0.4, 0.5) is 0 Å². The van der Waals surface area contributed by atoms with Gasteiger partial charge in [0.1, 0.15) is 0 Å². The van der Waals surface area contributed by atoms with Crippen molar-refractivity contribution in [3.05, 3.63) is 34.9 Å². The van der Waals surface area contributed by atoms with Crippen LogP contribution >= 0.6 is 11.6 Å². The van der Waals surface area contributed by atoms with E-state index in [1.165, 1.54) is 0 Å². The summed E-state index contributed by atoms with van der Waals surface area (Å²) in [6, 6.07) is 7.50. The van der Waals surface area contributed by atoms with Gasteiger partial charge in [-0.25, -0.2) is 0 Å². The third-order valence-corrected chi connectivity index (χ3v) is 3.97. The van der Waals surface area contributed by atoms with Gasteiger partial charge in [-0.2, -0.15) is 0 Å². The van der Waals surface area contributed by atoms with Crippen molar-refractivity contribution in [3.8, 4) is 0 Å². The Bertz CT molecular complexity index is 488. The highest BCUT2D eigenvalue weighted by Gasteiger charge is 2.19. The Labute approximate surface area is 136 Å². The number of rotatable bonds is 6. The van der Waals surface area contributed by atoms with Crippen molar-refractivity contribution in [2.75, 3.05) is 39.3 Å². The molecule has 122 valence electrons. The number of aliphatic hydroxyl groups excluding tert-OH is 1. The van der Waals surface area contributed by atoms with Crippen molar-refractivity contribution in [1.29, 1.82) is 0 Å². The molecule has 1 fully saturated rings. The summed E-state index contributed by atoms with van der Waals surface area (Å²) in [5.74, 6) is 0.0314. The average Bonchev–Trinajstić information content (AvgIpc) is 2.47. The van der Waals surface area contributed by atoms with E-state index < -0.39 is 0 Å². The lowest BCUT2D eigenvalue weighted by Gasteiger charge is -2.34. The van der Waals surface area contributed by atoms with Gasteiger partial charge >= 0.3 is 0 Å². The largest absolute Gasteiger partial charge is 0.392 e. The van der Waals surface area contributed by atoms with Crippen LogP contribution < -0.4 is 5.32 Å². The molecule has 0 unspecified atom stereocenters. The van der Waals surface area contributed by atoms with Crippen molar-refractivity contribution < 1.29 is 9.90 Å². The molecule has 1 aromatic rings. The lowest BCUT2D eigenvalue weighted by molar-refractivity contribution is -0.122. The molecule has 0 bridgehead atoms. The maximum absolute atomic E-state index is 12.0. The molecule has 1 aromatic carbocycles. The Balaban J connectivity index is 1.68. The highest BCUT2D eigenvalue weighted by Crippen LogP contribution is 2.10. The summed E-state index contributed by atoms with van der Waals surface area (Å²) in [6.07, 6.45) is -0.299. The summed E-state index contributed by atoms with van der Waals surface area (Å²) in [5, 5.41) is 13.0. The fraction of sp³-hybridized carbons (Fsp3) is 0.562. The summed E-state index contributed by atoms with van der Waals surface area (Å²) in [6.45, 7) is 6.93. The summed E-state index contributed by atoms with van der Waals surface area (Å²) in [4.78, 5) is 16.4. The second kappa shape index (κ2) is 8.48. The number of hydrogen-bond acceptors (Lipinski definition) is 4. The number of nitrogens with zero attached hydrogens (tertiary/aromatic N) is 2. The minimum absolute atomic E-state index is 0.0314. The van der Waals surface area contributed by atoms with Gasteiger partial charge in [-0.1, -0.05) is 23.7 Å². The Hall–Kier alpha value is -1.14. The fourth-order valence-electron chi connectivity index (χ4n) is 2.61. The topological polar surface area (TPSA) is 55.8 Å². The lowest BCUT2D eigenvalue weighted by atomic mass is 10.2. The molecule has 1 atom stereocenters. The smallest absolute Gasteiger partial charge is 0.234 e. The van der Waals surface area contributed by atoms with Gasteiger partial charge in [-0.15, -0.1) is 0 Å². The van der Waals surface area contributed by atoms with Crippen LogP contribution in [0.2, 0.25) is 5.02 Å². The van der Waals surface area contributed by atoms with Gasteiger partial charge in [0.2, 0.25) is 5.91 Å². The van der Waals surface area contributed by atoms with Crippen molar-refractivity contribution >= 4 is 17.5 Å². The molecule has 0 aliphatic carbocycles. The number of β-amino-alcohol motifs (C(OH)–C–C–N with tert-alkyl or cyclic N) is 1. The van der Waals surface area contributed by atoms with Crippen LogP contribution in [-0.4, -0.2) is 66.2 Å². The zero-order valence-corrected chi connectivity index (χ0v) is 13.7. The minimum atomic E-state index is -0.299. The van der Waals surface area contributed by atoms with Crippen LogP contribution in [0.1, 0.15) is 12.5 Å². The van der Waals surface area contributed by atoms with Crippen LogP contribution in [0, 0.1) is 0 Å². The molecule has 5 nitrogen and oxygen atoms in total. The molecule has 0 radical (unpaired) electrons. The third kappa shape index (κ3) is 5.93. The van der Waals surface area contributed by atoms with E-state index in [-0.39, 0.29) is 12.0 Å². The van der Waals surface area contributed by atoms with E-state index in [2.05, 4.69) is 15.1 Å². The minimum Gasteiger partial charge on any atom is -0.392 e. The summed E-state index contributed by atoms with van der Waals surface area (Å²) < 4.78 is 0. The van der Waals surface area contributed by atoms with Gasteiger partial charge in [0.05, 0.1) is 12.6 Å². The van der Waals surface area contributed by atoms with Crippen LogP contribution in [0.25, 0.3) is 0 Å². The lowest BCUT2D eigenvalue weighted by Crippen LogP contribution is -2.50. The fourth-order valence-corrected chi connectivity index (χ4v) is 2.82. The van der Waals surface area contributed by atoms with E-state index in [0.717, 1.165) is 31.7 Å². The van der Waals surface area contributed by atoms with Gasteiger partial charge in [-0.05, 0) is 24.6 Å². The Morgan fingerprint density at radius 2 is 2.00 bits per heavy atom. The number of benzene rings is 1. The maximum Gasteiger partial charge on any atom is 0.234 e. The second-order valence-electron chi connectivity index (χ2n) is 5.83. The van der Waals surface area contributed by atoms with Crippen LogP contribution in [0.5, 0.6) is 0 Å². The van der Waals surface area contributed by atoms with Gasteiger partial charge in [0.25, 0.3) is 0 Å². The van der Waals surface area contributed by atoms with Gasteiger partial charge < -0.3 is 10.4 Å². The molecule has 2 rings (SSSR count). The maximum atomic E-state index is 12.0. The summed E-state index contributed by atoms with van der Waals surface area (Å²) >= 11 is 5.92. The van der Waals surface area contributed by atoms with E-state index >= 15 is 0 Å². The number of nitrogens with one attached hydrogen (secondary N) is 1. The van der Waals surface area contributed by atoms with Crippen molar-refractivity contribution in [2.24, 2.45) is 0 Å². The predicted octanol–water partition coefficient (Wildman–Crippen LogP) is 0.955. The second-order valence-corrected chi connectivity index (χ2v) is 6.27. The first kappa shape index (κ1) is 17.2. The van der Waals surface area contributed by atoms with Crippen LogP contribution in [-0.2, 0) is 11.3 Å². The summed E-state index contributed by atoms with van der Waals surface area (Å²) in [7, 11) is 0. The highest BCUT2D eigenvalue weighted by atomic mass is 35.5. The number of amides is 1. The standard InChI is InChI=1S/C16H24ClN3O2/c1-13(21)11-19-5-7-20(8-6-19)12-16(22)18-10-14-3-2-4-15(17)9-14/h2-4,9,13,21H,5-8,10-12H2,1H3,(H,18,22)/t13-/m0/s1. The molecular weight excluding hydrogens is 302 g/mol. The van der Waals surface area contributed by atoms with E-state index in [9.17, 15) is 9.90 Å². The molecule has 2 N–H and O–H groups in total. The van der Waals surface area contributed by atoms with Gasteiger partial charge in [0, 0.05) is 44.3 Å².